The minimum atomic E-state index is -1.01. The highest BCUT2D eigenvalue weighted by atomic mass is 35.5. The first-order valence-electron chi connectivity index (χ1n) is 9.88. The molecule has 146 valence electrons. The zero-order valence-electron chi connectivity index (χ0n) is 15.7. The number of rotatable bonds is 3. The van der Waals surface area contributed by atoms with Crippen molar-refractivity contribution in [3.05, 3.63) is 57.9 Å². The van der Waals surface area contributed by atoms with E-state index >= 15 is 0 Å². The van der Waals surface area contributed by atoms with Gasteiger partial charge < -0.3 is 5.11 Å². The van der Waals surface area contributed by atoms with Gasteiger partial charge in [0.15, 0.2) is 0 Å². The summed E-state index contributed by atoms with van der Waals surface area (Å²) in [5, 5.41) is 25.9. The molecule has 1 fully saturated rings. The average Bonchev–Trinajstić information content (AvgIpc) is 3.05. The molecule has 0 saturated heterocycles. The highest BCUT2D eigenvalue weighted by molar-refractivity contribution is 6.32. The fourth-order valence-electron chi connectivity index (χ4n) is 4.76. The van der Waals surface area contributed by atoms with E-state index < -0.39 is 5.97 Å². The lowest BCUT2D eigenvalue weighted by Gasteiger charge is -2.40. The number of aromatic nitrogens is 1. The monoisotopic (exact) mass is 406 g/mol. The first-order valence-corrected chi connectivity index (χ1v) is 10.3. The van der Waals surface area contributed by atoms with Crippen LogP contribution >= 0.6 is 11.6 Å². The number of pyridine rings is 1. The molecule has 0 bridgehead atoms. The largest absolute Gasteiger partial charge is 0.477 e. The molecular formula is C22H19ClN4O2. The molecule has 2 aliphatic carbocycles. The molecule has 3 aliphatic rings. The minimum Gasteiger partial charge on any atom is -0.477 e. The maximum atomic E-state index is 11.3. The number of carbonyl (C=O) groups is 1. The molecule has 5 rings (SSSR count). The Bertz CT molecular complexity index is 1090. The van der Waals surface area contributed by atoms with Gasteiger partial charge >= 0.3 is 5.97 Å². The molecule has 0 amide bonds. The van der Waals surface area contributed by atoms with Gasteiger partial charge in [-0.2, -0.15) is 10.4 Å². The zero-order chi connectivity index (χ0) is 20.1. The SMILES string of the molecule is N#Cc1ccc(N2N=C3c4ccc(C(=O)O)nc4CCC3C2C2CCC2)cc1Cl. The molecule has 2 unspecified atom stereocenters. The normalized spacial score (nSPS) is 22.9. The highest BCUT2D eigenvalue weighted by Crippen LogP contribution is 2.45. The molecular weight excluding hydrogens is 388 g/mol. The van der Waals surface area contributed by atoms with E-state index in [1.165, 1.54) is 19.3 Å². The minimum absolute atomic E-state index is 0.0760. The Labute approximate surface area is 173 Å². The second kappa shape index (κ2) is 6.85. The van der Waals surface area contributed by atoms with Crippen LogP contribution in [0.15, 0.2) is 35.4 Å². The van der Waals surface area contributed by atoms with Crippen LogP contribution < -0.4 is 5.01 Å². The standard InChI is InChI=1S/C22H19ClN4O2/c23-17-10-14(5-4-13(17)11-24)27-21(12-2-1-3-12)16-7-8-18-15(20(16)26-27)6-9-19(25-18)22(28)29/h4-6,9-10,12,16,21H,1-3,7-8H2,(H,28,29). The van der Waals surface area contributed by atoms with Gasteiger partial charge in [-0.1, -0.05) is 18.0 Å². The molecule has 0 spiro atoms. The van der Waals surface area contributed by atoms with Crippen LogP contribution in [-0.4, -0.2) is 27.8 Å². The van der Waals surface area contributed by atoms with Crippen LogP contribution in [0.25, 0.3) is 0 Å². The van der Waals surface area contributed by atoms with Crippen LogP contribution in [0.1, 0.15) is 53.0 Å². The van der Waals surface area contributed by atoms with E-state index in [2.05, 4.69) is 16.1 Å². The number of halogens is 1. The maximum Gasteiger partial charge on any atom is 0.354 e. The number of nitrogens with zero attached hydrogens (tertiary/aromatic N) is 4. The van der Waals surface area contributed by atoms with E-state index in [-0.39, 0.29) is 11.7 Å². The molecule has 2 heterocycles. The maximum absolute atomic E-state index is 11.3. The Morgan fingerprint density at radius 3 is 2.72 bits per heavy atom. The summed E-state index contributed by atoms with van der Waals surface area (Å²) in [7, 11) is 0. The molecule has 29 heavy (non-hydrogen) atoms. The predicted octanol–water partition coefficient (Wildman–Crippen LogP) is 4.26. The molecule has 0 radical (unpaired) electrons. The predicted molar refractivity (Wildman–Crippen MR) is 109 cm³/mol. The summed E-state index contributed by atoms with van der Waals surface area (Å²) in [5.74, 6) is -0.146. The number of carboxylic acids is 1. The summed E-state index contributed by atoms with van der Waals surface area (Å²) in [6.07, 6.45) is 5.28. The third kappa shape index (κ3) is 2.89. The third-order valence-electron chi connectivity index (χ3n) is 6.39. The second-order valence-electron chi connectivity index (χ2n) is 7.93. The number of nitriles is 1. The van der Waals surface area contributed by atoms with Crippen molar-refractivity contribution in [3.8, 4) is 6.07 Å². The first kappa shape index (κ1) is 18.1. The smallest absolute Gasteiger partial charge is 0.354 e. The van der Waals surface area contributed by atoms with Crippen molar-refractivity contribution in [1.82, 2.24) is 4.98 Å². The van der Waals surface area contributed by atoms with Gasteiger partial charge in [-0.15, -0.1) is 0 Å². The van der Waals surface area contributed by atoms with Gasteiger partial charge in [0.1, 0.15) is 11.8 Å². The van der Waals surface area contributed by atoms with Gasteiger partial charge in [0.25, 0.3) is 0 Å². The van der Waals surface area contributed by atoms with Crippen LogP contribution in [0.3, 0.4) is 0 Å². The number of carboxylic acid groups (broad SMARTS) is 1. The number of aromatic carboxylic acids is 1. The van der Waals surface area contributed by atoms with Crippen LogP contribution in [-0.2, 0) is 6.42 Å². The topological polar surface area (TPSA) is 89.6 Å². The summed E-state index contributed by atoms with van der Waals surface area (Å²) >= 11 is 6.30. The van der Waals surface area contributed by atoms with Crippen molar-refractivity contribution in [1.29, 1.82) is 5.26 Å². The number of aryl methyl sites for hydroxylation is 1. The lowest BCUT2D eigenvalue weighted by atomic mass is 9.70. The van der Waals surface area contributed by atoms with Gasteiger partial charge in [0, 0.05) is 11.5 Å². The first-order chi connectivity index (χ1) is 14.1. The van der Waals surface area contributed by atoms with Gasteiger partial charge in [0.05, 0.1) is 33.7 Å². The average molecular weight is 407 g/mol. The fraction of sp³-hybridized carbons (Fsp3) is 0.364. The molecule has 7 heteroatoms. The third-order valence-corrected chi connectivity index (χ3v) is 6.71. The van der Waals surface area contributed by atoms with Gasteiger partial charge in [-0.05, 0) is 61.9 Å². The summed E-state index contributed by atoms with van der Waals surface area (Å²) < 4.78 is 0. The Morgan fingerprint density at radius 2 is 2.07 bits per heavy atom. The van der Waals surface area contributed by atoms with E-state index in [9.17, 15) is 15.2 Å². The summed E-state index contributed by atoms with van der Waals surface area (Å²) in [6, 6.07) is 11.2. The number of hydrazone groups is 1. The lowest BCUT2D eigenvalue weighted by Crippen LogP contribution is -2.44. The Morgan fingerprint density at radius 1 is 1.24 bits per heavy atom. The quantitative estimate of drug-likeness (QED) is 0.822. The second-order valence-corrected chi connectivity index (χ2v) is 8.34. The van der Waals surface area contributed by atoms with Crippen molar-refractivity contribution in [2.45, 2.75) is 38.1 Å². The fourth-order valence-corrected chi connectivity index (χ4v) is 4.98. The van der Waals surface area contributed by atoms with Crippen LogP contribution in [0.2, 0.25) is 5.02 Å². The highest BCUT2D eigenvalue weighted by Gasteiger charge is 2.46. The lowest BCUT2D eigenvalue weighted by molar-refractivity contribution is 0.0690. The van der Waals surface area contributed by atoms with Gasteiger partial charge in [-0.3, -0.25) is 5.01 Å². The number of hydrogen-bond acceptors (Lipinski definition) is 5. The summed E-state index contributed by atoms with van der Waals surface area (Å²) in [5.41, 5.74) is 4.19. The van der Waals surface area contributed by atoms with E-state index in [0.29, 0.717) is 22.4 Å². The van der Waals surface area contributed by atoms with Crippen LogP contribution in [0.5, 0.6) is 0 Å². The molecule has 2 aromatic rings. The van der Waals surface area contributed by atoms with Crippen molar-refractivity contribution in [3.63, 3.8) is 0 Å². The van der Waals surface area contributed by atoms with Crippen LogP contribution in [0.4, 0.5) is 5.69 Å². The van der Waals surface area contributed by atoms with Crippen molar-refractivity contribution >= 4 is 29.0 Å². The van der Waals surface area contributed by atoms with Crippen LogP contribution in [0, 0.1) is 23.2 Å². The Hall–Kier alpha value is -2.91. The Kier molecular flexibility index (Phi) is 4.29. The molecule has 1 aliphatic heterocycles. The molecule has 1 N–H and O–H groups in total. The van der Waals surface area contributed by atoms with Gasteiger partial charge in [0.2, 0.25) is 0 Å². The molecule has 6 nitrogen and oxygen atoms in total. The molecule has 1 saturated carbocycles. The number of benzene rings is 1. The van der Waals surface area contributed by atoms with E-state index in [1.54, 1.807) is 12.1 Å². The number of hydrogen-bond donors (Lipinski definition) is 1. The number of fused-ring (bicyclic) bond motifs is 3. The van der Waals surface area contributed by atoms with E-state index in [4.69, 9.17) is 16.7 Å². The van der Waals surface area contributed by atoms with E-state index in [1.807, 2.05) is 18.2 Å². The Balaban J connectivity index is 1.58. The molecule has 1 aromatic heterocycles. The number of anilines is 1. The van der Waals surface area contributed by atoms with Gasteiger partial charge in [-0.25, -0.2) is 9.78 Å². The van der Waals surface area contributed by atoms with E-state index in [0.717, 1.165) is 35.5 Å². The summed E-state index contributed by atoms with van der Waals surface area (Å²) in [4.78, 5) is 15.6. The van der Waals surface area contributed by atoms with Crippen molar-refractivity contribution in [2.24, 2.45) is 16.9 Å². The summed E-state index contributed by atoms with van der Waals surface area (Å²) in [6.45, 7) is 0. The van der Waals surface area contributed by atoms with Crippen molar-refractivity contribution < 1.29 is 9.90 Å². The van der Waals surface area contributed by atoms with Crippen molar-refractivity contribution in [2.75, 3.05) is 5.01 Å². The molecule has 1 aromatic carbocycles. The molecule has 2 atom stereocenters. The zero-order valence-corrected chi connectivity index (χ0v) is 16.4.